The zero-order valence-corrected chi connectivity index (χ0v) is 14.6. The maximum Gasteiger partial charge on any atom is 0.222 e. The Morgan fingerprint density at radius 2 is 2.12 bits per heavy atom. The second-order valence-corrected chi connectivity index (χ2v) is 6.35. The van der Waals surface area contributed by atoms with Crippen LogP contribution in [0, 0.1) is 0 Å². The van der Waals surface area contributed by atoms with Crippen LogP contribution in [-0.2, 0) is 4.79 Å². The molecular formula is C17H26N6O. The number of aromatic nitrogens is 3. The molecule has 0 aliphatic carbocycles. The Morgan fingerprint density at radius 3 is 2.83 bits per heavy atom. The lowest BCUT2D eigenvalue weighted by Gasteiger charge is -2.32. The molecule has 0 bridgehead atoms. The molecule has 0 aromatic carbocycles. The fourth-order valence-corrected chi connectivity index (χ4v) is 2.64. The number of nitrogens with zero attached hydrogens (tertiary/aromatic N) is 3. The van der Waals surface area contributed by atoms with Gasteiger partial charge in [-0.3, -0.25) is 9.78 Å². The summed E-state index contributed by atoms with van der Waals surface area (Å²) in [5.74, 6) is 0.750. The average Bonchev–Trinajstić information content (AvgIpc) is 2.53. The van der Waals surface area contributed by atoms with Crippen LogP contribution in [-0.4, -0.2) is 32.9 Å². The van der Waals surface area contributed by atoms with Crippen molar-refractivity contribution in [2.45, 2.75) is 52.0 Å². The molecule has 2 heterocycles. The minimum atomic E-state index is -0.341. The first-order valence-electron chi connectivity index (χ1n) is 8.34. The molecule has 0 aliphatic heterocycles. The van der Waals surface area contributed by atoms with Crippen molar-refractivity contribution >= 4 is 28.7 Å². The van der Waals surface area contributed by atoms with Gasteiger partial charge in [-0.1, -0.05) is 26.2 Å². The highest BCUT2D eigenvalue weighted by Crippen LogP contribution is 2.25. The summed E-state index contributed by atoms with van der Waals surface area (Å²) in [6, 6.07) is 3.67. The van der Waals surface area contributed by atoms with Crippen molar-refractivity contribution in [3.63, 3.8) is 0 Å². The topological polar surface area (TPSA) is 106 Å². The smallest absolute Gasteiger partial charge is 0.222 e. The summed E-state index contributed by atoms with van der Waals surface area (Å²) in [7, 11) is 0. The SMILES string of the molecule is CCCCC[C@@](C)(CNC(C)=O)Nc1nc(N)nc2cccnc12. The number of amides is 1. The Balaban J connectivity index is 2.29. The molecule has 24 heavy (non-hydrogen) atoms. The highest BCUT2D eigenvalue weighted by molar-refractivity contribution is 5.86. The van der Waals surface area contributed by atoms with Crippen molar-refractivity contribution in [2.75, 3.05) is 17.6 Å². The van der Waals surface area contributed by atoms with Gasteiger partial charge < -0.3 is 16.4 Å². The molecule has 7 heteroatoms. The predicted molar refractivity (Wildman–Crippen MR) is 96.6 cm³/mol. The minimum absolute atomic E-state index is 0.0521. The zero-order valence-electron chi connectivity index (χ0n) is 14.6. The summed E-state index contributed by atoms with van der Waals surface area (Å²) in [4.78, 5) is 24.2. The Kier molecular flexibility index (Phi) is 5.89. The molecular weight excluding hydrogens is 304 g/mol. The van der Waals surface area contributed by atoms with Crippen molar-refractivity contribution in [2.24, 2.45) is 0 Å². The fourth-order valence-electron chi connectivity index (χ4n) is 2.64. The Morgan fingerprint density at radius 1 is 1.33 bits per heavy atom. The van der Waals surface area contributed by atoms with Gasteiger partial charge in [0.1, 0.15) is 5.52 Å². The molecule has 0 fully saturated rings. The van der Waals surface area contributed by atoms with Crippen LogP contribution in [0.3, 0.4) is 0 Å². The van der Waals surface area contributed by atoms with Gasteiger partial charge in [0.05, 0.1) is 11.1 Å². The lowest BCUT2D eigenvalue weighted by atomic mass is 9.94. The van der Waals surface area contributed by atoms with E-state index in [0.717, 1.165) is 25.7 Å². The minimum Gasteiger partial charge on any atom is -0.368 e. The van der Waals surface area contributed by atoms with Crippen molar-refractivity contribution in [3.8, 4) is 0 Å². The molecule has 7 nitrogen and oxygen atoms in total. The summed E-state index contributed by atoms with van der Waals surface area (Å²) in [6.45, 7) is 6.27. The van der Waals surface area contributed by atoms with E-state index < -0.39 is 0 Å². The molecule has 1 atom stereocenters. The van der Waals surface area contributed by atoms with Crippen LogP contribution in [0.1, 0.15) is 46.5 Å². The first-order chi connectivity index (χ1) is 11.4. The van der Waals surface area contributed by atoms with E-state index in [1.807, 2.05) is 12.1 Å². The largest absolute Gasteiger partial charge is 0.368 e. The molecule has 0 aliphatic rings. The maximum atomic E-state index is 11.3. The number of nitrogen functional groups attached to an aromatic ring is 1. The van der Waals surface area contributed by atoms with Crippen LogP contribution in [0.25, 0.3) is 11.0 Å². The van der Waals surface area contributed by atoms with Gasteiger partial charge in [-0.25, -0.2) is 4.98 Å². The summed E-state index contributed by atoms with van der Waals surface area (Å²) < 4.78 is 0. The molecule has 2 aromatic rings. The lowest BCUT2D eigenvalue weighted by Crippen LogP contribution is -2.46. The van der Waals surface area contributed by atoms with Gasteiger partial charge in [-0.2, -0.15) is 4.98 Å². The monoisotopic (exact) mass is 330 g/mol. The van der Waals surface area contributed by atoms with Gasteiger partial charge in [-0.05, 0) is 25.5 Å². The van der Waals surface area contributed by atoms with E-state index in [2.05, 4.69) is 39.4 Å². The number of hydrogen-bond donors (Lipinski definition) is 3. The third-order valence-electron chi connectivity index (χ3n) is 3.95. The van der Waals surface area contributed by atoms with Gasteiger partial charge in [0, 0.05) is 19.7 Å². The first-order valence-corrected chi connectivity index (χ1v) is 8.34. The molecule has 0 saturated heterocycles. The van der Waals surface area contributed by atoms with Crippen LogP contribution in [0.5, 0.6) is 0 Å². The number of anilines is 2. The van der Waals surface area contributed by atoms with Gasteiger partial charge in [0.15, 0.2) is 5.82 Å². The van der Waals surface area contributed by atoms with Gasteiger partial charge in [-0.15, -0.1) is 0 Å². The van der Waals surface area contributed by atoms with Gasteiger partial charge >= 0.3 is 0 Å². The number of nitrogens with two attached hydrogens (primary N) is 1. The predicted octanol–water partition coefficient (Wildman–Crippen LogP) is 2.49. The van der Waals surface area contributed by atoms with Crippen LogP contribution in [0.2, 0.25) is 0 Å². The molecule has 0 radical (unpaired) electrons. The van der Waals surface area contributed by atoms with E-state index in [4.69, 9.17) is 5.73 Å². The second-order valence-electron chi connectivity index (χ2n) is 6.35. The van der Waals surface area contributed by atoms with E-state index >= 15 is 0 Å². The Labute approximate surface area is 142 Å². The zero-order chi connectivity index (χ0) is 17.6. The van der Waals surface area contributed by atoms with Crippen LogP contribution < -0.4 is 16.4 Å². The van der Waals surface area contributed by atoms with E-state index in [1.54, 1.807) is 6.20 Å². The number of nitrogens with one attached hydrogen (secondary N) is 2. The molecule has 1 amide bonds. The van der Waals surface area contributed by atoms with Crippen LogP contribution >= 0.6 is 0 Å². The van der Waals surface area contributed by atoms with Crippen LogP contribution in [0.4, 0.5) is 11.8 Å². The highest BCUT2D eigenvalue weighted by Gasteiger charge is 2.26. The highest BCUT2D eigenvalue weighted by atomic mass is 16.1. The second kappa shape index (κ2) is 7.90. The Bertz CT molecular complexity index is 705. The Hall–Kier alpha value is -2.44. The number of carbonyl (C=O) groups excluding carboxylic acids is 1. The van der Waals surface area contributed by atoms with E-state index in [1.165, 1.54) is 6.92 Å². The quantitative estimate of drug-likeness (QED) is 0.642. The average molecular weight is 330 g/mol. The number of carbonyl (C=O) groups is 1. The van der Waals surface area contributed by atoms with E-state index in [0.29, 0.717) is 23.4 Å². The van der Waals surface area contributed by atoms with Crippen molar-refractivity contribution in [3.05, 3.63) is 18.3 Å². The number of fused-ring (bicyclic) bond motifs is 1. The van der Waals surface area contributed by atoms with Gasteiger partial charge in [0.2, 0.25) is 11.9 Å². The fraction of sp³-hybridized carbons (Fsp3) is 0.529. The molecule has 2 aromatic heterocycles. The molecule has 0 saturated carbocycles. The molecule has 0 unspecified atom stereocenters. The summed E-state index contributed by atoms with van der Waals surface area (Å²) >= 11 is 0. The molecule has 2 rings (SSSR count). The first kappa shape index (κ1) is 17.9. The molecule has 130 valence electrons. The number of pyridine rings is 1. The number of hydrogen-bond acceptors (Lipinski definition) is 6. The van der Waals surface area contributed by atoms with Gasteiger partial charge in [0.25, 0.3) is 0 Å². The number of rotatable bonds is 8. The summed E-state index contributed by atoms with van der Waals surface area (Å²) in [5.41, 5.74) is 6.86. The molecule has 4 N–H and O–H groups in total. The van der Waals surface area contributed by atoms with Crippen molar-refractivity contribution in [1.29, 1.82) is 0 Å². The van der Waals surface area contributed by atoms with Crippen molar-refractivity contribution < 1.29 is 4.79 Å². The van der Waals surface area contributed by atoms with E-state index in [-0.39, 0.29) is 17.4 Å². The summed E-state index contributed by atoms with van der Waals surface area (Å²) in [5, 5.41) is 6.34. The van der Waals surface area contributed by atoms with Crippen molar-refractivity contribution in [1.82, 2.24) is 20.3 Å². The standard InChI is InChI=1S/C17H26N6O/c1-4-5-6-9-17(3,11-20-12(2)24)23-15-14-13(8-7-10-19-14)21-16(18)22-15/h7-8,10H,4-6,9,11H2,1-3H3,(H,20,24)(H3,18,21,22,23)/t17-/m0/s1. The molecule has 0 spiro atoms. The summed E-state index contributed by atoms with van der Waals surface area (Å²) in [6.07, 6.45) is 5.95. The normalized spacial score (nSPS) is 13.5. The number of unbranched alkanes of at least 4 members (excludes halogenated alkanes) is 2. The lowest BCUT2D eigenvalue weighted by molar-refractivity contribution is -0.119. The third kappa shape index (κ3) is 4.78. The third-order valence-corrected chi connectivity index (χ3v) is 3.95. The van der Waals surface area contributed by atoms with E-state index in [9.17, 15) is 4.79 Å². The maximum absolute atomic E-state index is 11.3. The van der Waals surface area contributed by atoms with Crippen LogP contribution in [0.15, 0.2) is 18.3 Å².